The van der Waals surface area contributed by atoms with E-state index in [1.807, 2.05) is 30.3 Å². The molecule has 140 valence electrons. The third kappa shape index (κ3) is 6.02. The number of amides is 1. The van der Waals surface area contributed by atoms with Gasteiger partial charge in [-0.15, -0.1) is 0 Å². The molecule has 1 aromatic carbocycles. The van der Waals surface area contributed by atoms with E-state index < -0.39 is 12.0 Å². The third-order valence-corrected chi connectivity index (χ3v) is 4.10. The topological polar surface area (TPSA) is 81.4 Å². The number of aryl methyl sites for hydroxylation is 1. The Morgan fingerprint density at radius 2 is 2.00 bits per heavy atom. The summed E-state index contributed by atoms with van der Waals surface area (Å²) in [4.78, 5) is 28.2. The molecule has 2 aromatic rings. The maximum absolute atomic E-state index is 12.2. The predicted molar refractivity (Wildman–Crippen MR) is 98.3 cm³/mol. The second kappa shape index (κ2) is 10.4. The maximum Gasteiger partial charge on any atom is 0.328 e. The van der Waals surface area contributed by atoms with Gasteiger partial charge in [0.05, 0.1) is 13.3 Å². The van der Waals surface area contributed by atoms with E-state index in [0.717, 1.165) is 24.8 Å². The molecule has 1 heterocycles. The molecule has 1 amide bonds. The van der Waals surface area contributed by atoms with Crippen LogP contribution in [0.1, 0.15) is 44.9 Å². The highest BCUT2D eigenvalue weighted by Crippen LogP contribution is 2.20. The van der Waals surface area contributed by atoms with Crippen molar-refractivity contribution in [2.24, 2.45) is 0 Å². The van der Waals surface area contributed by atoms with Gasteiger partial charge in [0.1, 0.15) is 6.04 Å². The Labute approximate surface area is 154 Å². The van der Waals surface area contributed by atoms with Gasteiger partial charge in [0.25, 0.3) is 0 Å². The number of nitrogens with one attached hydrogen (secondary N) is 1. The van der Waals surface area contributed by atoms with E-state index in [1.165, 1.54) is 7.11 Å². The highest BCUT2D eigenvalue weighted by molar-refractivity contribution is 5.84. The number of rotatable bonds is 10. The van der Waals surface area contributed by atoms with Gasteiger partial charge in [0.2, 0.25) is 5.91 Å². The van der Waals surface area contributed by atoms with Crippen molar-refractivity contribution in [3.8, 4) is 11.3 Å². The van der Waals surface area contributed by atoms with Crippen molar-refractivity contribution in [3.05, 3.63) is 42.4 Å². The van der Waals surface area contributed by atoms with Crippen LogP contribution < -0.4 is 5.32 Å². The summed E-state index contributed by atoms with van der Waals surface area (Å²) >= 11 is 0. The molecule has 2 rings (SSSR count). The molecule has 0 bridgehead atoms. The number of benzene rings is 1. The number of ether oxygens (including phenoxy) is 1. The van der Waals surface area contributed by atoms with Crippen molar-refractivity contribution in [1.82, 2.24) is 10.3 Å². The lowest BCUT2D eigenvalue weighted by Crippen LogP contribution is -2.41. The summed E-state index contributed by atoms with van der Waals surface area (Å²) in [7, 11) is 1.33. The monoisotopic (exact) mass is 358 g/mol. The smallest absolute Gasteiger partial charge is 0.328 e. The van der Waals surface area contributed by atoms with Crippen LogP contribution in [0.15, 0.2) is 40.9 Å². The summed E-state index contributed by atoms with van der Waals surface area (Å²) in [6, 6.07) is 9.07. The maximum atomic E-state index is 12.2. The SMILES string of the molecule is CCCCC[C@H](NC(=O)CCc1ncc(-c2ccccc2)o1)C(=O)OC. The molecule has 0 aliphatic heterocycles. The number of carbonyl (C=O) groups is 2. The lowest BCUT2D eigenvalue weighted by molar-refractivity contribution is -0.145. The average Bonchev–Trinajstić information content (AvgIpc) is 3.15. The van der Waals surface area contributed by atoms with E-state index in [4.69, 9.17) is 9.15 Å². The number of carbonyl (C=O) groups excluding carboxylic acids is 2. The number of esters is 1. The Morgan fingerprint density at radius 1 is 1.23 bits per heavy atom. The van der Waals surface area contributed by atoms with Gasteiger partial charge in [-0.2, -0.15) is 0 Å². The molecule has 1 N–H and O–H groups in total. The van der Waals surface area contributed by atoms with Gasteiger partial charge in [-0.25, -0.2) is 9.78 Å². The molecule has 0 radical (unpaired) electrons. The number of hydrogen-bond donors (Lipinski definition) is 1. The van der Waals surface area contributed by atoms with Gasteiger partial charge in [0, 0.05) is 18.4 Å². The van der Waals surface area contributed by atoms with Crippen LogP contribution in [0.25, 0.3) is 11.3 Å². The zero-order valence-electron chi connectivity index (χ0n) is 15.4. The van der Waals surface area contributed by atoms with Crippen LogP contribution in [0.4, 0.5) is 0 Å². The van der Waals surface area contributed by atoms with Crippen molar-refractivity contribution in [3.63, 3.8) is 0 Å². The van der Waals surface area contributed by atoms with E-state index in [1.54, 1.807) is 6.20 Å². The first-order valence-electron chi connectivity index (χ1n) is 9.01. The molecular formula is C20H26N2O4. The quantitative estimate of drug-likeness (QED) is 0.519. The highest BCUT2D eigenvalue weighted by atomic mass is 16.5. The molecular weight excluding hydrogens is 332 g/mol. The second-order valence-corrected chi connectivity index (χ2v) is 6.12. The summed E-state index contributed by atoms with van der Waals surface area (Å²) in [5.74, 6) is 0.556. The third-order valence-electron chi connectivity index (χ3n) is 4.10. The number of nitrogens with zero attached hydrogens (tertiary/aromatic N) is 1. The van der Waals surface area contributed by atoms with E-state index in [2.05, 4.69) is 17.2 Å². The van der Waals surface area contributed by atoms with Crippen LogP contribution in [0.5, 0.6) is 0 Å². The molecule has 6 nitrogen and oxygen atoms in total. The zero-order valence-corrected chi connectivity index (χ0v) is 15.4. The number of hydrogen-bond acceptors (Lipinski definition) is 5. The van der Waals surface area contributed by atoms with Crippen molar-refractivity contribution in [2.45, 2.75) is 51.5 Å². The zero-order chi connectivity index (χ0) is 18.8. The fourth-order valence-electron chi connectivity index (χ4n) is 2.64. The predicted octanol–water partition coefficient (Wildman–Crippen LogP) is 3.51. The standard InChI is InChI=1S/C20H26N2O4/c1-3-4-6-11-16(20(24)25-2)22-18(23)12-13-19-21-14-17(26-19)15-9-7-5-8-10-15/h5,7-10,14,16H,3-4,6,11-13H2,1-2H3,(H,22,23)/t16-/m0/s1. The summed E-state index contributed by atoms with van der Waals surface area (Å²) in [5.41, 5.74) is 0.942. The Morgan fingerprint density at radius 3 is 2.69 bits per heavy atom. The van der Waals surface area contributed by atoms with Gasteiger partial charge < -0.3 is 14.5 Å². The Bertz CT molecular complexity index is 697. The molecule has 0 saturated carbocycles. The molecule has 1 aromatic heterocycles. The first-order chi connectivity index (χ1) is 12.6. The molecule has 26 heavy (non-hydrogen) atoms. The molecule has 0 unspecified atom stereocenters. The number of unbranched alkanes of at least 4 members (excludes halogenated alkanes) is 2. The molecule has 0 aliphatic rings. The molecule has 6 heteroatoms. The van der Waals surface area contributed by atoms with Gasteiger partial charge in [0.15, 0.2) is 11.7 Å². The first-order valence-corrected chi connectivity index (χ1v) is 9.01. The van der Waals surface area contributed by atoms with Crippen LogP contribution in [-0.2, 0) is 20.7 Å². The summed E-state index contributed by atoms with van der Waals surface area (Å²) < 4.78 is 10.5. The Hall–Kier alpha value is -2.63. The normalized spacial score (nSPS) is 11.8. The van der Waals surface area contributed by atoms with Crippen molar-refractivity contribution in [2.75, 3.05) is 7.11 Å². The van der Waals surface area contributed by atoms with Crippen molar-refractivity contribution >= 4 is 11.9 Å². The molecule has 0 spiro atoms. The minimum absolute atomic E-state index is 0.204. The molecule has 0 fully saturated rings. The van der Waals surface area contributed by atoms with E-state index in [0.29, 0.717) is 24.5 Å². The van der Waals surface area contributed by atoms with Gasteiger partial charge in [-0.05, 0) is 6.42 Å². The van der Waals surface area contributed by atoms with E-state index in [-0.39, 0.29) is 12.3 Å². The number of oxazole rings is 1. The van der Waals surface area contributed by atoms with E-state index in [9.17, 15) is 9.59 Å². The summed E-state index contributed by atoms with van der Waals surface area (Å²) in [6.45, 7) is 2.09. The van der Waals surface area contributed by atoms with Crippen molar-refractivity contribution < 1.29 is 18.7 Å². The Balaban J connectivity index is 1.85. The van der Waals surface area contributed by atoms with Gasteiger partial charge in [-0.3, -0.25) is 4.79 Å². The minimum atomic E-state index is -0.594. The second-order valence-electron chi connectivity index (χ2n) is 6.12. The molecule has 0 saturated heterocycles. The fraction of sp³-hybridized carbons (Fsp3) is 0.450. The molecule has 1 atom stereocenters. The molecule has 0 aliphatic carbocycles. The Kier molecular flexibility index (Phi) is 7.86. The van der Waals surface area contributed by atoms with E-state index >= 15 is 0 Å². The lowest BCUT2D eigenvalue weighted by Gasteiger charge is -2.16. The van der Waals surface area contributed by atoms with Crippen LogP contribution >= 0.6 is 0 Å². The van der Waals surface area contributed by atoms with Gasteiger partial charge >= 0.3 is 5.97 Å². The fourth-order valence-corrected chi connectivity index (χ4v) is 2.64. The lowest BCUT2D eigenvalue weighted by atomic mass is 10.1. The number of aromatic nitrogens is 1. The van der Waals surface area contributed by atoms with Crippen LogP contribution in [0.3, 0.4) is 0 Å². The van der Waals surface area contributed by atoms with Gasteiger partial charge in [-0.1, -0.05) is 56.5 Å². The van der Waals surface area contributed by atoms with Crippen LogP contribution in [0, 0.1) is 0 Å². The average molecular weight is 358 g/mol. The highest BCUT2D eigenvalue weighted by Gasteiger charge is 2.21. The summed E-state index contributed by atoms with van der Waals surface area (Å²) in [5, 5.41) is 2.75. The first kappa shape index (κ1) is 19.7. The minimum Gasteiger partial charge on any atom is -0.467 e. The summed E-state index contributed by atoms with van der Waals surface area (Å²) in [6.07, 6.45) is 5.76. The van der Waals surface area contributed by atoms with Crippen LogP contribution in [-0.4, -0.2) is 30.0 Å². The number of methoxy groups -OCH3 is 1. The largest absolute Gasteiger partial charge is 0.467 e. The van der Waals surface area contributed by atoms with Crippen molar-refractivity contribution in [1.29, 1.82) is 0 Å². The van der Waals surface area contributed by atoms with Crippen LogP contribution in [0.2, 0.25) is 0 Å².